The minimum absolute atomic E-state index is 0.257. The van der Waals surface area contributed by atoms with E-state index in [-0.39, 0.29) is 11.2 Å². The molecule has 1 heterocycles. The fourth-order valence-electron chi connectivity index (χ4n) is 2.25. The molecule has 0 aromatic heterocycles. The van der Waals surface area contributed by atoms with E-state index in [0.29, 0.717) is 25.6 Å². The third-order valence-electron chi connectivity index (χ3n) is 3.81. The summed E-state index contributed by atoms with van der Waals surface area (Å²) in [4.78, 5) is 23.5. The fourth-order valence-corrected chi connectivity index (χ4v) is 6.39. The van der Waals surface area contributed by atoms with Crippen molar-refractivity contribution in [3.05, 3.63) is 24.3 Å². The summed E-state index contributed by atoms with van der Waals surface area (Å²) < 4.78 is 21.2. The van der Waals surface area contributed by atoms with Crippen LogP contribution in [0.1, 0.15) is 6.42 Å². The maximum Gasteiger partial charge on any atom is 0.500 e. The van der Waals surface area contributed by atoms with Gasteiger partial charge >= 0.3 is 14.8 Å². The molecule has 1 amide bonds. The topological polar surface area (TPSA) is 83.1 Å². The largest absolute Gasteiger partial charge is 0.500 e. The van der Waals surface area contributed by atoms with E-state index >= 15 is 0 Å². The molecule has 0 saturated carbocycles. The Labute approximate surface area is 171 Å². The van der Waals surface area contributed by atoms with Crippen molar-refractivity contribution in [3.8, 4) is 0 Å². The van der Waals surface area contributed by atoms with Crippen molar-refractivity contribution >= 4 is 44.2 Å². The van der Waals surface area contributed by atoms with Crippen molar-refractivity contribution in [2.75, 3.05) is 51.7 Å². The Morgan fingerprint density at radius 3 is 2.59 bits per heavy atom. The number of rotatable bonds is 11. The minimum Gasteiger partial charge on any atom is -0.461 e. The van der Waals surface area contributed by atoms with Crippen molar-refractivity contribution in [1.82, 2.24) is 5.32 Å². The lowest BCUT2D eigenvalue weighted by Crippen LogP contribution is -2.43. The Bertz CT molecular complexity index is 519. The van der Waals surface area contributed by atoms with Crippen molar-refractivity contribution in [2.24, 2.45) is 0 Å². The summed E-state index contributed by atoms with van der Waals surface area (Å²) in [5.74, 6) is 1.93. The summed E-state index contributed by atoms with van der Waals surface area (Å²) in [5.41, 5.74) is 1.21. The Kier molecular flexibility index (Phi) is 12.0. The zero-order valence-corrected chi connectivity index (χ0v) is 18.8. The van der Waals surface area contributed by atoms with E-state index in [4.69, 9.17) is 18.0 Å². The molecule has 0 aromatic carbocycles. The van der Waals surface area contributed by atoms with Crippen LogP contribution in [0.15, 0.2) is 24.3 Å². The number of hydrogen-bond donors (Lipinski definition) is 1. The molecule has 0 aromatic rings. The SMILES string of the molecule is C=C1CSCC(COC(=O)C=CC(=O)NCCC[Si](OC)(OC)OC)SC1. The highest BCUT2D eigenvalue weighted by atomic mass is 32.2. The van der Waals surface area contributed by atoms with Crippen LogP contribution in [0.3, 0.4) is 0 Å². The number of thioether (sulfide) groups is 2. The van der Waals surface area contributed by atoms with Gasteiger partial charge in [0.05, 0.1) is 0 Å². The molecular formula is C17H29NO6S2Si. The summed E-state index contributed by atoms with van der Waals surface area (Å²) in [5, 5.41) is 2.96. The predicted octanol–water partition coefficient (Wildman–Crippen LogP) is 1.88. The number of carbonyl (C=O) groups excluding carboxylic acids is 2. The van der Waals surface area contributed by atoms with Gasteiger partial charge in [0.15, 0.2) is 0 Å². The van der Waals surface area contributed by atoms with Gasteiger partial charge in [-0.1, -0.05) is 12.2 Å². The van der Waals surface area contributed by atoms with Gasteiger partial charge in [0.1, 0.15) is 6.61 Å². The number of esters is 1. The third kappa shape index (κ3) is 9.81. The molecule has 154 valence electrons. The average molecular weight is 436 g/mol. The molecule has 1 aliphatic rings. The van der Waals surface area contributed by atoms with E-state index in [0.717, 1.165) is 23.3 Å². The van der Waals surface area contributed by atoms with E-state index in [1.165, 1.54) is 11.6 Å². The van der Waals surface area contributed by atoms with Gasteiger partial charge in [-0.05, 0) is 6.42 Å². The van der Waals surface area contributed by atoms with Crippen molar-refractivity contribution in [1.29, 1.82) is 0 Å². The van der Waals surface area contributed by atoms with Crippen molar-refractivity contribution in [3.63, 3.8) is 0 Å². The first-order valence-corrected chi connectivity index (χ1v) is 12.7. The highest BCUT2D eigenvalue weighted by Crippen LogP contribution is 2.25. The summed E-state index contributed by atoms with van der Waals surface area (Å²) >= 11 is 3.55. The molecule has 1 saturated heterocycles. The molecule has 0 radical (unpaired) electrons. The van der Waals surface area contributed by atoms with Gasteiger partial charge in [-0.2, -0.15) is 11.8 Å². The van der Waals surface area contributed by atoms with Crippen LogP contribution in [0.25, 0.3) is 0 Å². The van der Waals surface area contributed by atoms with Gasteiger partial charge in [0.25, 0.3) is 0 Å². The molecule has 0 spiro atoms. The van der Waals surface area contributed by atoms with Gasteiger partial charge in [0.2, 0.25) is 5.91 Å². The second-order valence-electron chi connectivity index (χ2n) is 5.85. The van der Waals surface area contributed by atoms with Gasteiger partial charge in [-0.25, -0.2) is 4.79 Å². The second kappa shape index (κ2) is 13.4. The highest BCUT2D eigenvalue weighted by molar-refractivity contribution is 8.04. The van der Waals surface area contributed by atoms with Crippen LogP contribution in [-0.4, -0.2) is 77.7 Å². The van der Waals surface area contributed by atoms with Crippen LogP contribution in [0.5, 0.6) is 0 Å². The van der Waals surface area contributed by atoms with Crippen molar-refractivity contribution in [2.45, 2.75) is 17.7 Å². The number of hydrogen-bond acceptors (Lipinski definition) is 8. The Balaban J connectivity index is 2.22. The molecule has 0 bridgehead atoms. The standard InChI is InChI=1S/C17H29NO6S2Si/c1-14-11-25-13-15(26-12-14)10-24-17(20)7-6-16(19)18-8-5-9-27(21-2,22-3)23-4/h6-7,15H,1,5,8-13H2,2-4H3,(H,18,19). The van der Waals surface area contributed by atoms with Crippen LogP contribution in [-0.2, 0) is 27.6 Å². The average Bonchev–Trinajstić information content (AvgIpc) is 2.89. The lowest BCUT2D eigenvalue weighted by molar-refractivity contribution is -0.137. The van der Waals surface area contributed by atoms with E-state index in [1.54, 1.807) is 44.9 Å². The third-order valence-corrected chi connectivity index (χ3v) is 9.45. The maximum atomic E-state index is 11.8. The lowest BCUT2D eigenvalue weighted by Gasteiger charge is -2.24. The molecule has 1 atom stereocenters. The Morgan fingerprint density at radius 2 is 1.93 bits per heavy atom. The first-order chi connectivity index (χ1) is 12.9. The predicted molar refractivity (Wildman–Crippen MR) is 112 cm³/mol. The van der Waals surface area contributed by atoms with Gasteiger partial charge < -0.3 is 23.3 Å². The van der Waals surface area contributed by atoms with E-state index in [1.807, 2.05) is 0 Å². The fraction of sp³-hybridized carbons (Fsp3) is 0.647. The van der Waals surface area contributed by atoms with Gasteiger partial charge in [-0.15, -0.1) is 11.8 Å². The highest BCUT2D eigenvalue weighted by Gasteiger charge is 2.36. The van der Waals surface area contributed by atoms with Crippen LogP contribution < -0.4 is 5.32 Å². The molecule has 1 rings (SSSR count). The quantitative estimate of drug-likeness (QED) is 0.173. The monoisotopic (exact) mass is 435 g/mol. The Hall–Kier alpha value is -0.783. The molecule has 1 fully saturated rings. The number of ether oxygens (including phenoxy) is 1. The summed E-state index contributed by atoms with van der Waals surface area (Å²) in [7, 11) is 2.04. The lowest BCUT2D eigenvalue weighted by atomic mass is 10.4. The van der Waals surface area contributed by atoms with Gasteiger partial charge in [0, 0.05) is 68.6 Å². The maximum absolute atomic E-state index is 11.8. The van der Waals surface area contributed by atoms with Gasteiger partial charge in [-0.3, -0.25) is 4.79 Å². The molecule has 0 aliphatic carbocycles. The molecule has 7 nitrogen and oxygen atoms in total. The van der Waals surface area contributed by atoms with Crippen LogP contribution in [0.4, 0.5) is 0 Å². The van der Waals surface area contributed by atoms with E-state index < -0.39 is 14.8 Å². The molecule has 27 heavy (non-hydrogen) atoms. The smallest absolute Gasteiger partial charge is 0.461 e. The van der Waals surface area contributed by atoms with Crippen LogP contribution in [0.2, 0.25) is 6.04 Å². The van der Waals surface area contributed by atoms with E-state index in [2.05, 4.69) is 11.9 Å². The van der Waals surface area contributed by atoms with E-state index in [9.17, 15) is 9.59 Å². The zero-order valence-electron chi connectivity index (χ0n) is 16.2. The first-order valence-electron chi connectivity index (χ1n) is 8.58. The van der Waals surface area contributed by atoms with Crippen molar-refractivity contribution < 1.29 is 27.6 Å². The zero-order chi connectivity index (χ0) is 20.1. The normalized spacial score (nSPS) is 18.3. The summed E-state index contributed by atoms with van der Waals surface area (Å²) in [6, 6.07) is 0.589. The Morgan fingerprint density at radius 1 is 1.22 bits per heavy atom. The number of carbonyl (C=O) groups is 2. The summed E-state index contributed by atoms with van der Waals surface area (Å²) in [6.45, 7) is 4.76. The molecule has 1 unspecified atom stereocenters. The molecule has 10 heteroatoms. The van der Waals surface area contributed by atoms with Crippen LogP contribution >= 0.6 is 23.5 Å². The molecule has 1 aliphatic heterocycles. The second-order valence-corrected chi connectivity index (χ2v) is 11.3. The number of amides is 1. The summed E-state index contributed by atoms with van der Waals surface area (Å²) in [6.07, 6.45) is 2.99. The van der Waals surface area contributed by atoms with Crippen LogP contribution in [0, 0.1) is 0 Å². The minimum atomic E-state index is -2.61. The number of nitrogens with one attached hydrogen (secondary N) is 1. The molecular weight excluding hydrogens is 406 g/mol. The molecule has 1 N–H and O–H groups in total. The first kappa shape index (κ1) is 24.3.